The number of carbonyl (C=O) groups is 1. The summed E-state index contributed by atoms with van der Waals surface area (Å²) in [7, 11) is 0. The Kier molecular flexibility index (Phi) is 9.85. The van der Waals surface area contributed by atoms with Gasteiger partial charge in [0, 0.05) is 35.7 Å². The van der Waals surface area contributed by atoms with Gasteiger partial charge in [-0.25, -0.2) is 0 Å². The first-order valence-electron chi connectivity index (χ1n) is 11.6. The number of carbonyl (C=O) groups excluding carboxylic acids is 1. The maximum absolute atomic E-state index is 12.9. The molecule has 0 aliphatic heterocycles. The maximum atomic E-state index is 12.9. The van der Waals surface area contributed by atoms with Crippen molar-refractivity contribution in [3.8, 4) is 0 Å². The molecular weight excluding hydrogens is 434 g/mol. The van der Waals surface area contributed by atoms with Crippen molar-refractivity contribution >= 4 is 41.3 Å². The van der Waals surface area contributed by atoms with Gasteiger partial charge in [0.05, 0.1) is 11.4 Å². The summed E-state index contributed by atoms with van der Waals surface area (Å²) in [6, 6.07) is 13.0. The summed E-state index contributed by atoms with van der Waals surface area (Å²) in [5.74, 6) is -0.0985. The van der Waals surface area contributed by atoms with E-state index >= 15 is 0 Å². The molecule has 0 saturated carbocycles. The summed E-state index contributed by atoms with van der Waals surface area (Å²) in [5, 5.41) is 12.7. The fourth-order valence-corrected chi connectivity index (χ4v) is 3.86. The van der Waals surface area contributed by atoms with Gasteiger partial charge in [0.2, 0.25) is 0 Å². The quantitative estimate of drug-likeness (QED) is 0.236. The van der Waals surface area contributed by atoms with Gasteiger partial charge in [-0.3, -0.25) is 14.8 Å². The second-order valence-corrected chi connectivity index (χ2v) is 8.82. The SMILES string of the molecule is CC1=CC(NC(=O)c2ccc(/N=C/c3ccc(Cl)cc3)c(/N=C/CCCCCO)c2)CCC1. The summed E-state index contributed by atoms with van der Waals surface area (Å²) < 4.78 is 0. The number of unbranched alkanes of at least 4 members (excludes halogenated alkanes) is 3. The Balaban J connectivity index is 1.77. The van der Waals surface area contributed by atoms with Crippen LogP contribution in [0.3, 0.4) is 0 Å². The zero-order valence-electron chi connectivity index (χ0n) is 19.1. The molecule has 6 heteroatoms. The summed E-state index contributed by atoms with van der Waals surface area (Å²) in [6.07, 6.45) is 12.5. The van der Waals surface area contributed by atoms with Crippen molar-refractivity contribution in [2.24, 2.45) is 9.98 Å². The van der Waals surface area contributed by atoms with E-state index in [9.17, 15) is 4.79 Å². The Morgan fingerprint density at radius 3 is 2.70 bits per heavy atom. The molecule has 2 aromatic carbocycles. The number of aliphatic hydroxyl groups is 1. The number of allylic oxidation sites excluding steroid dienone is 1. The van der Waals surface area contributed by atoms with Crippen molar-refractivity contribution in [3.63, 3.8) is 0 Å². The molecule has 1 atom stereocenters. The van der Waals surface area contributed by atoms with Crippen LogP contribution in [0.4, 0.5) is 11.4 Å². The number of hydrogen-bond donors (Lipinski definition) is 2. The van der Waals surface area contributed by atoms with E-state index in [1.54, 1.807) is 18.3 Å². The van der Waals surface area contributed by atoms with Crippen LogP contribution in [0.25, 0.3) is 0 Å². The molecule has 174 valence electrons. The van der Waals surface area contributed by atoms with Crippen LogP contribution in [0, 0.1) is 0 Å². The molecule has 33 heavy (non-hydrogen) atoms. The molecule has 1 unspecified atom stereocenters. The van der Waals surface area contributed by atoms with E-state index in [1.807, 2.05) is 36.5 Å². The Labute approximate surface area is 201 Å². The molecule has 0 fully saturated rings. The minimum Gasteiger partial charge on any atom is -0.396 e. The van der Waals surface area contributed by atoms with E-state index < -0.39 is 0 Å². The first-order chi connectivity index (χ1) is 16.0. The maximum Gasteiger partial charge on any atom is 0.251 e. The molecule has 0 heterocycles. The van der Waals surface area contributed by atoms with Gasteiger partial charge in [-0.05, 0) is 81.3 Å². The van der Waals surface area contributed by atoms with E-state index in [1.165, 1.54) is 5.57 Å². The molecule has 1 aliphatic rings. The summed E-state index contributed by atoms with van der Waals surface area (Å²) in [5.41, 5.74) is 4.18. The van der Waals surface area contributed by atoms with Gasteiger partial charge in [0.1, 0.15) is 0 Å². The van der Waals surface area contributed by atoms with Crippen molar-refractivity contribution < 1.29 is 9.90 Å². The van der Waals surface area contributed by atoms with Crippen LogP contribution in [0.5, 0.6) is 0 Å². The molecule has 0 radical (unpaired) electrons. The fraction of sp³-hybridized carbons (Fsp3) is 0.370. The highest BCUT2D eigenvalue weighted by molar-refractivity contribution is 6.30. The number of halogens is 1. The van der Waals surface area contributed by atoms with Gasteiger partial charge in [-0.2, -0.15) is 0 Å². The van der Waals surface area contributed by atoms with Gasteiger partial charge in [0.15, 0.2) is 0 Å². The van der Waals surface area contributed by atoms with Crippen molar-refractivity contribution in [3.05, 3.63) is 70.3 Å². The summed E-state index contributed by atoms with van der Waals surface area (Å²) >= 11 is 5.96. The standard InChI is InChI=1S/C27H32ClN3O2/c1-20-7-6-8-24(17-20)31-27(33)22-11-14-25(30-19-21-9-12-23(28)13-10-21)26(18-22)29-15-4-2-3-5-16-32/h9-15,17-19,24,32H,2-8,16H2,1H3,(H,31,33)/b29-15+,30-19+. The zero-order chi connectivity index (χ0) is 23.5. The van der Waals surface area contributed by atoms with Crippen LogP contribution in [0.2, 0.25) is 5.02 Å². The molecule has 0 saturated heterocycles. The number of rotatable bonds is 10. The molecule has 1 aliphatic carbocycles. The second-order valence-electron chi connectivity index (χ2n) is 8.38. The third kappa shape index (κ3) is 8.26. The number of nitrogens with one attached hydrogen (secondary N) is 1. The second kappa shape index (κ2) is 13.1. The van der Waals surface area contributed by atoms with Crippen molar-refractivity contribution in [1.82, 2.24) is 5.32 Å². The van der Waals surface area contributed by atoms with E-state index in [2.05, 4.69) is 28.3 Å². The number of aliphatic imine (C=N–C) groups is 2. The summed E-state index contributed by atoms with van der Waals surface area (Å²) in [4.78, 5) is 22.1. The van der Waals surface area contributed by atoms with Crippen LogP contribution in [-0.2, 0) is 0 Å². The molecule has 5 nitrogen and oxygen atoms in total. The Morgan fingerprint density at radius 1 is 1.12 bits per heavy atom. The molecule has 1 amide bonds. The van der Waals surface area contributed by atoms with Crippen molar-refractivity contribution in [2.75, 3.05) is 6.61 Å². The lowest BCUT2D eigenvalue weighted by Gasteiger charge is -2.20. The highest BCUT2D eigenvalue weighted by Gasteiger charge is 2.16. The van der Waals surface area contributed by atoms with E-state index in [0.717, 1.165) is 50.5 Å². The van der Waals surface area contributed by atoms with Gasteiger partial charge >= 0.3 is 0 Å². The molecule has 0 aromatic heterocycles. The number of nitrogens with zero attached hydrogens (tertiary/aromatic N) is 2. The van der Waals surface area contributed by atoms with Gasteiger partial charge in [-0.15, -0.1) is 0 Å². The Bertz CT molecular complexity index is 1010. The van der Waals surface area contributed by atoms with Crippen LogP contribution in [0.15, 0.2) is 64.1 Å². The average molecular weight is 466 g/mol. The number of benzene rings is 2. The predicted octanol–water partition coefficient (Wildman–Crippen LogP) is 6.57. The van der Waals surface area contributed by atoms with Crippen LogP contribution in [0.1, 0.15) is 67.8 Å². The summed E-state index contributed by atoms with van der Waals surface area (Å²) in [6.45, 7) is 2.33. The van der Waals surface area contributed by atoms with Gasteiger partial charge < -0.3 is 10.4 Å². The highest BCUT2D eigenvalue weighted by Crippen LogP contribution is 2.29. The number of amides is 1. The number of hydrogen-bond acceptors (Lipinski definition) is 4. The van der Waals surface area contributed by atoms with Gasteiger partial charge in [-0.1, -0.05) is 41.8 Å². The smallest absolute Gasteiger partial charge is 0.251 e. The lowest BCUT2D eigenvalue weighted by Crippen LogP contribution is -2.34. The monoisotopic (exact) mass is 465 g/mol. The van der Waals surface area contributed by atoms with Crippen molar-refractivity contribution in [1.29, 1.82) is 0 Å². The molecule has 0 spiro atoms. The topological polar surface area (TPSA) is 74.0 Å². The lowest BCUT2D eigenvalue weighted by atomic mass is 9.96. The molecule has 2 N–H and O–H groups in total. The van der Waals surface area contributed by atoms with Crippen molar-refractivity contribution in [2.45, 2.75) is 57.9 Å². The highest BCUT2D eigenvalue weighted by atomic mass is 35.5. The number of aliphatic hydroxyl groups excluding tert-OH is 1. The first kappa shape index (κ1) is 24.9. The largest absolute Gasteiger partial charge is 0.396 e. The van der Waals surface area contributed by atoms with E-state index in [4.69, 9.17) is 16.7 Å². The lowest BCUT2D eigenvalue weighted by molar-refractivity contribution is 0.0942. The minimum absolute atomic E-state index is 0.0762. The Hall–Kier alpha value is -2.76. The van der Waals surface area contributed by atoms with E-state index in [-0.39, 0.29) is 18.6 Å². The molecule has 2 aromatic rings. The third-order valence-corrected chi connectivity index (χ3v) is 5.82. The van der Waals surface area contributed by atoms with E-state index in [0.29, 0.717) is 22.0 Å². The minimum atomic E-state index is -0.0985. The normalized spacial score (nSPS) is 16.3. The average Bonchev–Trinajstić information content (AvgIpc) is 2.81. The molecular formula is C27H32ClN3O2. The van der Waals surface area contributed by atoms with Crippen LogP contribution >= 0.6 is 11.6 Å². The van der Waals surface area contributed by atoms with Crippen LogP contribution < -0.4 is 5.32 Å². The third-order valence-electron chi connectivity index (χ3n) is 5.57. The Morgan fingerprint density at radius 2 is 1.94 bits per heavy atom. The predicted molar refractivity (Wildman–Crippen MR) is 138 cm³/mol. The van der Waals surface area contributed by atoms with Gasteiger partial charge in [0.25, 0.3) is 5.91 Å². The fourth-order valence-electron chi connectivity index (χ4n) is 3.73. The molecule has 3 rings (SSSR count). The zero-order valence-corrected chi connectivity index (χ0v) is 19.9. The molecule has 0 bridgehead atoms. The van der Waals surface area contributed by atoms with Crippen LogP contribution in [-0.4, -0.2) is 36.1 Å². The first-order valence-corrected chi connectivity index (χ1v) is 12.0.